The molecular formula is C21H27FN2O4S. The van der Waals surface area contributed by atoms with E-state index in [4.69, 9.17) is 4.74 Å². The number of halogens is 1. The van der Waals surface area contributed by atoms with Crippen molar-refractivity contribution in [2.45, 2.75) is 39.3 Å². The van der Waals surface area contributed by atoms with Crippen LogP contribution in [0.4, 0.5) is 10.1 Å². The predicted molar refractivity (Wildman–Crippen MR) is 112 cm³/mol. The molecule has 0 aromatic heterocycles. The van der Waals surface area contributed by atoms with Gasteiger partial charge in [0.25, 0.3) is 5.91 Å². The summed E-state index contributed by atoms with van der Waals surface area (Å²) in [6.07, 6.45) is 2.94. The molecule has 0 heterocycles. The second-order valence-electron chi connectivity index (χ2n) is 6.90. The summed E-state index contributed by atoms with van der Waals surface area (Å²) in [5.74, 6) is -0.247. The van der Waals surface area contributed by atoms with Gasteiger partial charge in [0.1, 0.15) is 11.6 Å². The number of sulfonamides is 1. The third-order valence-corrected chi connectivity index (χ3v) is 5.44. The summed E-state index contributed by atoms with van der Waals surface area (Å²) in [7, 11) is -3.63. The largest absolute Gasteiger partial charge is 0.484 e. The number of amides is 1. The summed E-state index contributed by atoms with van der Waals surface area (Å²) < 4.78 is 45.0. The maximum atomic E-state index is 14.0. The first-order valence-electron chi connectivity index (χ1n) is 9.44. The van der Waals surface area contributed by atoms with Gasteiger partial charge in [-0.2, -0.15) is 0 Å². The number of carbonyl (C=O) groups excluding carboxylic acids is 1. The molecule has 1 N–H and O–H groups in total. The number of hydrogen-bond donors (Lipinski definition) is 1. The standard InChI is InChI=1S/C21H27FN2O4S/c1-4-7-16(2)23-21(25)15-28-19-12-10-18(11-13-19)24(29(3,26)27)14-17-8-5-6-9-20(17)22/h5-6,8-13,16H,4,7,14-15H2,1-3H3,(H,23,25)/t16-/m0/s1. The third-order valence-electron chi connectivity index (χ3n) is 4.30. The number of anilines is 1. The van der Waals surface area contributed by atoms with E-state index in [0.29, 0.717) is 11.4 Å². The summed E-state index contributed by atoms with van der Waals surface area (Å²) in [4.78, 5) is 11.9. The Morgan fingerprint density at radius 3 is 2.41 bits per heavy atom. The molecule has 0 unspecified atom stereocenters. The van der Waals surface area contributed by atoms with Gasteiger partial charge in [-0.15, -0.1) is 0 Å². The highest BCUT2D eigenvalue weighted by Gasteiger charge is 2.19. The quantitative estimate of drug-likeness (QED) is 0.636. The van der Waals surface area contributed by atoms with Gasteiger partial charge in [0.2, 0.25) is 10.0 Å². The van der Waals surface area contributed by atoms with E-state index in [1.54, 1.807) is 42.5 Å². The fraction of sp³-hybridized carbons (Fsp3) is 0.381. The van der Waals surface area contributed by atoms with Crippen LogP contribution in [0.5, 0.6) is 5.75 Å². The van der Waals surface area contributed by atoms with Crippen LogP contribution in [-0.4, -0.2) is 33.2 Å². The molecule has 1 atom stereocenters. The van der Waals surface area contributed by atoms with E-state index in [2.05, 4.69) is 5.32 Å². The van der Waals surface area contributed by atoms with Gasteiger partial charge < -0.3 is 10.1 Å². The average molecular weight is 423 g/mol. The Bertz CT molecular complexity index is 917. The number of nitrogens with one attached hydrogen (secondary N) is 1. The number of rotatable bonds is 10. The Morgan fingerprint density at radius 1 is 1.17 bits per heavy atom. The van der Waals surface area contributed by atoms with E-state index >= 15 is 0 Å². The van der Waals surface area contributed by atoms with Gasteiger partial charge in [0.05, 0.1) is 18.5 Å². The van der Waals surface area contributed by atoms with Crippen LogP contribution in [0.25, 0.3) is 0 Å². The molecule has 158 valence electrons. The van der Waals surface area contributed by atoms with Crippen molar-refractivity contribution in [2.75, 3.05) is 17.2 Å². The molecule has 8 heteroatoms. The smallest absolute Gasteiger partial charge is 0.258 e. The monoisotopic (exact) mass is 422 g/mol. The minimum atomic E-state index is -3.63. The molecule has 29 heavy (non-hydrogen) atoms. The minimum Gasteiger partial charge on any atom is -0.484 e. The third kappa shape index (κ3) is 7.05. The van der Waals surface area contributed by atoms with Gasteiger partial charge in [-0.25, -0.2) is 12.8 Å². The molecule has 2 aromatic rings. The van der Waals surface area contributed by atoms with Crippen molar-refractivity contribution in [3.63, 3.8) is 0 Å². The van der Waals surface area contributed by atoms with Gasteiger partial charge >= 0.3 is 0 Å². The molecule has 0 bridgehead atoms. The van der Waals surface area contributed by atoms with Crippen molar-refractivity contribution in [2.24, 2.45) is 0 Å². The molecule has 2 rings (SSSR count). The van der Waals surface area contributed by atoms with Crippen molar-refractivity contribution in [3.8, 4) is 5.75 Å². The highest BCUT2D eigenvalue weighted by Crippen LogP contribution is 2.24. The lowest BCUT2D eigenvalue weighted by Crippen LogP contribution is -2.35. The van der Waals surface area contributed by atoms with Crippen molar-refractivity contribution in [3.05, 3.63) is 59.9 Å². The Kier molecular flexibility index (Phi) is 8.01. The van der Waals surface area contributed by atoms with Crippen LogP contribution in [0.3, 0.4) is 0 Å². The molecule has 2 aromatic carbocycles. The van der Waals surface area contributed by atoms with E-state index in [-0.39, 0.29) is 30.7 Å². The van der Waals surface area contributed by atoms with Crippen LogP contribution < -0.4 is 14.4 Å². The Morgan fingerprint density at radius 2 is 1.83 bits per heavy atom. The van der Waals surface area contributed by atoms with E-state index in [0.717, 1.165) is 23.4 Å². The molecule has 0 aliphatic rings. The zero-order chi connectivity index (χ0) is 21.4. The maximum Gasteiger partial charge on any atom is 0.258 e. The maximum absolute atomic E-state index is 14.0. The molecule has 6 nitrogen and oxygen atoms in total. The lowest BCUT2D eigenvalue weighted by Gasteiger charge is -2.23. The SMILES string of the molecule is CCC[C@H](C)NC(=O)COc1ccc(N(Cc2ccccc2F)S(C)(=O)=O)cc1. The van der Waals surface area contributed by atoms with Crippen molar-refractivity contribution in [1.29, 1.82) is 0 Å². The molecule has 0 aliphatic heterocycles. The van der Waals surface area contributed by atoms with Crippen molar-refractivity contribution >= 4 is 21.6 Å². The number of benzene rings is 2. The van der Waals surface area contributed by atoms with Crippen molar-refractivity contribution < 1.29 is 22.3 Å². The van der Waals surface area contributed by atoms with Crippen LogP contribution in [0.1, 0.15) is 32.3 Å². The molecule has 0 spiro atoms. The van der Waals surface area contributed by atoms with Gasteiger partial charge in [-0.3, -0.25) is 9.10 Å². The van der Waals surface area contributed by atoms with Gasteiger partial charge in [0.15, 0.2) is 6.61 Å². The number of nitrogens with zero attached hydrogens (tertiary/aromatic N) is 1. The summed E-state index contributed by atoms with van der Waals surface area (Å²) in [5.41, 5.74) is 0.653. The Balaban J connectivity index is 2.06. The predicted octanol–water partition coefficient (Wildman–Crippen LogP) is 3.48. The normalized spacial score (nSPS) is 12.3. The fourth-order valence-electron chi connectivity index (χ4n) is 2.86. The second kappa shape index (κ2) is 10.2. The van der Waals surface area contributed by atoms with E-state index in [1.807, 2.05) is 13.8 Å². The lowest BCUT2D eigenvalue weighted by molar-refractivity contribution is -0.123. The van der Waals surface area contributed by atoms with Crippen LogP contribution >= 0.6 is 0 Å². The number of ether oxygens (including phenoxy) is 1. The molecule has 0 radical (unpaired) electrons. The molecular weight excluding hydrogens is 395 g/mol. The van der Waals surface area contributed by atoms with Crippen LogP contribution in [0.15, 0.2) is 48.5 Å². The highest BCUT2D eigenvalue weighted by molar-refractivity contribution is 7.92. The first kappa shape index (κ1) is 22.7. The summed E-state index contributed by atoms with van der Waals surface area (Å²) in [5, 5.41) is 2.85. The summed E-state index contributed by atoms with van der Waals surface area (Å²) in [6.45, 7) is 3.74. The number of hydrogen-bond acceptors (Lipinski definition) is 4. The fourth-order valence-corrected chi connectivity index (χ4v) is 3.74. The van der Waals surface area contributed by atoms with E-state index in [9.17, 15) is 17.6 Å². The second-order valence-corrected chi connectivity index (χ2v) is 8.81. The van der Waals surface area contributed by atoms with Gasteiger partial charge in [-0.1, -0.05) is 31.5 Å². The topological polar surface area (TPSA) is 75.7 Å². The zero-order valence-corrected chi connectivity index (χ0v) is 17.7. The van der Waals surface area contributed by atoms with Crippen LogP contribution in [-0.2, 0) is 21.4 Å². The highest BCUT2D eigenvalue weighted by atomic mass is 32.2. The Hall–Kier alpha value is -2.61. The van der Waals surface area contributed by atoms with Gasteiger partial charge in [-0.05, 0) is 43.7 Å². The number of carbonyl (C=O) groups is 1. The Labute approximate surface area is 171 Å². The lowest BCUT2D eigenvalue weighted by atomic mass is 10.2. The van der Waals surface area contributed by atoms with Gasteiger partial charge in [0, 0.05) is 11.6 Å². The van der Waals surface area contributed by atoms with E-state index < -0.39 is 15.8 Å². The first-order chi connectivity index (χ1) is 13.7. The molecule has 0 fully saturated rings. The van der Waals surface area contributed by atoms with E-state index in [1.165, 1.54) is 6.07 Å². The summed E-state index contributed by atoms with van der Waals surface area (Å²) >= 11 is 0. The molecule has 1 amide bonds. The summed E-state index contributed by atoms with van der Waals surface area (Å²) in [6, 6.07) is 12.4. The molecule has 0 aliphatic carbocycles. The van der Waals surface area contributed by atoms with Crippen LogP contribution in [0, 0.1) is 5.82 Å². The van der Waals surface area contributed by atoms with Crippen molar-refractivity contribution in [1.82, 2.24) is 5.32 Å². The average Bonchev–Trinajstić information content (AvgIpc) is 2.65. The minimum absolute atomic E-state index is 0.0835. The zero-order valence-electron chi connectivity index (χ0n) is 16.9. The molecule has 0 saturated heterocycles. The molecule has 0 saturated carbocycles. The first-order valence-corrected chi connectivity index (χ1v) is 11.3. The van der Waals surface area contributed by atoms with Crippen LogP contribution in [0.2, 0.25) is 0 Å².